The fourth-order valence-electron chi connectivity index (χ4n) is 1.49. The number of halogens is 1. The predicted molar refractivity (Wildman–Crippen MR) is 71.7 cm³/mol. The molecule has 0 aliphatic heterocycles. The fraction of sp³-hybridized carbons (Fsp3) is 0.800. The summed E-state index contributed by atoms with van der Waals surface area (Å²) in [6.45, 7) is 4.20. The molecule has 4 nitrogen and oxygen atoms in total. The van der Waals surface area contributed by atoms with Gasteiger partial charge < -0.3 is 0 Å². The molecule has 1 rings (SSSR count). The highest BCUT2D eigenvalue weighted by molar-refractivity contribution is 14.1. The van der Waals surface area contributed by atoms with Crippen molar-refractivity contribution < 1.29 is 18.1 Å². The van der Waals surface area contributed by atoms with Crippen molar-refractivity contribution in [1.82, 2.24) is 0 Å². The van der Waals surface area contributed by atoms with E-state index in [-0.39, 0.29) is 6.10 Å². The van der Waals surface area contributed by atoms with E-state index < -0.39 is 7.82 Å². The monoisotopic (exact) mass is 360 g/mol. The third-order valence-electron chi connectivity index (χ3n) is 2.15. The van der Waals surface area contributed by atoms with Gasteiger partial charge in [-0.25, -0.2) is 4.57 Å². The van der Waals surface area contributed by atoms with E-state index in [2.05, 4.69) is 28.7 Å². The second-order valence-corrected chi connectivity index (χ2v) is 6.26. The number of hydrogen-bond donors (Lipinski definition) is 0. The largest absolute Gasteiger partial charge is 0.475 e. The summed E-state index contributed by atoms with van der Waals surface area (Å²) in [6.07, 6.45) is 4.95. The summed E-state index contributed by atoms with van der Waals surface area (Å²) >= 11 is 2.22. The van der Waals surface area contributed by atoms with Gasteiger partial charge >= 0.3 is 7.82 Å². The maximum Gasteiger partial charge on any atom is 0.475 e. The van der Waals surface area contributed by atoms with Crippen LogP contribution in [0.2, 0.25) is 0 Å². The fourth-order valence-corrected chi connectivity index (χ4v) is 3.80. The lowest BCUT2D eigenvalue weighted by molar-refractivity contribution is 0.0947. The van der Waals surface area contributed by atoms with E-state index in [1.165, 1.54) is 0 Å². The van der Waals surface area contributed by atoms with Crippen LogP contribution < -0.4 is 0 Å². The van der Waals surface area contributed by atoms with E-state index in [1.807, 2.05) is 0 Å². The van der Waals surface area contributed by atoms with Crippen molar-refractivity contribution in [3.8, 4) is 0 Å². The topological polar surface area (TPSA) is 44.8 Å². The van der Waals surface area contributed by atoms with Crippen LogP contribution in [0.1, 0.15) is 33.1 Å². The second kappa shape index (κ2) is 7.11. The summed E-state index contributed by atoms with van der Waals surface area (Å²) in [6, 6.07) is 0. The van der Waals surface area contributed by atoms with Gasteiger partial charge in [0.15, 0.2) is 0 Å². The molecule has 0 saturated carbocycles. The average Bonchev–Trinajstić information content (AvgIpc) is 2.22. The maximum absolute atomic E-state index is 12.1. The highest BCUT2D eigenvalue weighted by Crippen LogP contribution is 2.52. The van der Waals surface area contributed by atoms with Crippen LogP contribution in [-0.4, -0.2) is 19.3 Å². The Labute approximate surface area is 110 Å². The van der Waals surface area contributed by atoms with E-state index in [1.54, 1.807) is 13.8 Å². The smallest absolute Gasteiger partial charge is 0.287 e. The summed E-state index contributed by atoms with van der Waals surface area (Å²) in [5.74, 6) is 0. The maximum atomic E-state index is 12.1. The van der Waals surface area contributed by atoms with Gasteiger partial charge in [-0.15, -0.1) is 0 Å². The number of hydrogen-bond acceptors (Lipinski definition) is 4. The Balaban J connectivity index is 2.63. The van der Waals surface area contributed by atoms with E-state index in [4.69, 9.17) is 13.6 Å². The zero-order valence-corrected chi connectivity index (χ0v) is 12.7. The lowest BCUT2D eigenvalue weighted by atomic mass is 10.1. The predicted octanol–water partition coefficient (Wildman–Crippen LogP) is 4.06. The standard InChI is InChI=1S/C10H18IO4P/c1-3-13-16(12,14-4-2)15-10-8-6-5-7-9(10)11/h7,10H,3-6,8H2,1-2H3/t10-/m0/s1. The summed E-state index contributed by atoms with van der Waals surface area (Å²) in [5, 5.41) is 0. The Morgan fingerprint density at radius 2 is 2.06 bits per heavy atom. The van der Waals surface area contributed by atoms with E-state index in [0.717, 1.165) is 22.8 Å². The van der Waals surface area contributed by atoms with Crippen molar-refractivity contribution in [2.24, 2.45) is 0 Å². The molecule has 1 atom stereocenters. The molecule has 0 bridgehead atoms. The van der Waals surface area contributed by atoms with Crippen molar-refractivity contribution >= 4 is 30.4 Å². The molecule has 0 unspecified atom stereocenters. The molecule has 0 heterocycles. The highest BCUT2D eigenvalue weighted by atomic mass is 127. The normalized spacial score (nSPS) is 21.9. The first-order valence-corrected chi connectivity index (χ1v) is 8.08. The van der Waals surface area contributed by atoms with Gasteiger partial charge in [0.05, 0.1) is 19.3 Å². The molecule has 94 valence electrons. The van der Waals surface area contributed by atoms with Crippen LogP contribution in [0.5, 0.6) is 0 Å². The third-order valence-corrected chi connectivity index (χ3v) is 4.94. The van der Waals surface area contributed by atoms with Gasteiger partial charge in [0.25, 0.3) is 0 Å². The second-order valence-electron chi connectivity index (χ2n) is 3.40. The first kappa shape index (κ1) is 14.6. The Kier molecular flexibility index (Phi) is 6.51. The van der Waals surface area contributed by atoms with E-state index in [0.29, 0.717) is 13.2 Å². The summed E-state index contributed by atoms with van der Waals surface area (Å²) in [7, 11) is -3.37. The zero-order valence-electron chi connectivity index (χ0n) is 9.65. The van der Waals surface area contributed by atoms with Gasteiger partial charge in [0.1, 0.15) is 0 Å². The quantitative estimate of drug-likeness (QED) is 0.530. The van der Waals surface area contributed by atoms with Gasteiger partial charge in [0.2, 0.25) is 0 Å². The molecule has 0 saturated heterocycles. The molecule has 0 radical (unpaired) electrons. The van der Waals surface area contributed by atoms with Crippen LogP contribution in [0.3, 0.4) is 0 Å². The van der Waals surface area contributed by atoms with Crippen molar-refractivity contribution in [2.45, 2.75) is 39.2 Å². The molecule has 0 N–H and O–H groups in total. The minimum atomic E-state index is -3.37. The summed E-state index contributed by atoms with van der Waals surface area (Å²) < 4.78 is 28.9. The van der Waals surface area contributed by atoms with E-state index >= 15 is 0 Å². The molecule has 0 amide bonds. The first-order chi connectivity index (χ1) is 7.61. The van der Waals surface area contributed by atoms with Crippen LogP contribution in [0.25, 0.3) is 0 Å². The summed E-state index contributed by atoms with van der Waals surface area (Å²) in [4.78, 5) is 0. The minimum Gasteiger partial charge on any atom is -0.287 e. The van der Waals surface area contributed by atoms with Crippen molar-refractivity contribution in [1.29, 1.82) is 0 Å². The average molecular weight is 360 g/mol. The molecule has 1 aliphatic rings. The zero-order chi connectivity index (χ0) is 12.0. The molecule has 16 heavy (non-hydrogen) atoms. The van der Waals surface area contributed by atoms with Crippen LogP contribution >= 0.6 is 30.4 Å². The SMILES string of the molecule is CCOP(=O)(OCC)O[C@H]1CCCC=C1I. The Morgan fingerprint density at radius 1 is 1.44 bits per heavy atom. The van der Waals surface area contributed by atoms with Gasteiger partial charge in [-0.3, -0.25) is 13.6 Å². The Morgan fingerprint density at radius 3 is 2.56 bits per heavy atom. The number of phosphoric acid groups is 1. The van der Waals surface area contributed by atoms with Gasteiger partial charge in [0, 0.05) is 3.58 Å². The van der Waals surface area contributed by atoms with E-state index in [9.17, 15) is 4.57 Å². The molecule has 1 aliphatic carbocycles. The van der Waals surface area contributed by atoms with Gasteiger partial charge in [-0.1, -0.05) is 6.08 Å². The van der Waals surface area contributed by atoms with Gasteiger partial charge in [-0.2, -0.15) is 0 Å². The number of rotatable bonds is 6. The molecular weight excluding hydrogens is 342 g/mol. The molecule has 0 fully saturated rings. The first-order valence-electron chi connectivity index (χ1n) is 5.54. The summed E-state index contributed by atoms with van der Waals surface area (Å²) in [5.41, 5.74) is 0. The molecule has 0 spiro atoms. The molecule has 6 heteroatoms. The third kappa shape index (κ3) is 4.45. The molecule has 0 aromatic heterocycles. The van der Waals surface area contributed by atoms with Crippen LogP contribution in [0.4, 0.5) is 0 Å². The highest BCUT2D eigenvalue weighted by Gasteiger charge is 2.31. The number of allylic oxidation sites excluding steroid dienone is 1. The molecule has 0 aromatic rings. The van der Waals surface area contributed by atoms with Crippen LogP contribution in [-0.2, 0) is 18.1 Å². The van der Waals surface area contributed by atoms with Crippen molar-refractivity contribution in [3.63, 3.8) is 0 Å². The van der Waals surface area contributed by atoms with Crippen molar-refractivity contribution in [2.75, 3.05) is 13.2 Å². The lowest BCUT2D eigenvalue weighted by Gasteiger charge is -2.25. The van der Waals surface area contributed by atoms with Crippen LogP contribution in [0.15, 0.2) is 9.66 Å². The van der Waals surface area contributed by atoms with Crippen molar-refractivity contribution in [3.05, 3.63) is 9.66 Å². The lowest BCUT2D eigenvalue weighted by Crippen LogP contribution is -2.16. The Bertz CT molecular complexity index is 283. The Hall–Kier alpha value is 0.580. The minimum absolute atomic E-state index is 0.140. The molecular formula is C10H18IO4P. The van der Waals surface area contributed by atoms with Gasteiger partial charge in [-0.05, 0) is 55.7 Å². The number of phosphoric ester groups is 1. The van der Waals surface area contributed by atoms with Crippen LogP contribution in [0, 0.1) is 0 Å². The molecule has 0 aromatic carbocycles.